The highest BCUT2D eigenvalue weighted by Crippen LogP contribution is 2.50. The van der Waals surface area contributed by atoms with Gasteiger partial charge in [-0.3, -0.25) is 14.4 Å². The fourth-order valence-corrected chi connectivity index (χ4v) is 8.74. The first-order valence-corrected chi connectivity index (χ1v) is 16.5. The molecule has 5 aliphatic rings. The largest absolute Gasteiger partial charge is 0.381 e. The van der Waals surface area contributed by atoms with Gasteiger partial charge < -0.3 is 25.6 Å². The molecule has 244 valence electrons. The second-order valence-electron chi connectivity index (χ2n) is 14.0. The first-order valence-electron chi connectivity index (χ1n) is 16.5. The number of ether oxygens (including phenoxy) is 1. The van der Waals surface area contributed by atoms with Gasteiger partial charge in [-0.15, -0.1) is 0 Å². The van der Waals surface area contributed by atoms with Crippen molar-refractivity contribution >= 4 is 29.2 Å². The molecule has 1 saturated carbocycles. The van der Waals surface area contributed by atoms with E-state index in [-0.39, 0.29) is 30.3 Å². The average molecular weight is 642 g/mol. The van der Waals surface area contributed by atoms with Crippen molar-refractivity contribution in [2.75, 3.05) is 36.9 Å². The van der Waals surface area contributed by atoms with Gasteiger partial charge in [0, 0.05) is 43.3 Å². The van der Waals surface area contributed by atoms with Crippen LogP contribution in [-0.2, 0) is 37.4 Å². The second kappa shape index (κ2) is 11.2. The first-order chi connectivity index (χ1) is 22.7. The lowest BCUT2D eigenvalue weighted by Crippen LogP contribution is -2.67. The number of carbonyl (C=O) groups excluding carboxylic acids is 3. The molecule has 4 heterocycles. The zero-order valence-electron chi connectivity index (χ0n) is 26.0. The minimum atomic E-state index is -0.832. The summed E-state index contributed by atoms with van der Waals surface area (Å²) < 4.78 is 34.3. The Morgan fingerprint density at radius 1 is 0.957 bits per heavy atom. The van der Waals surface area contributed by atoms with E-state index in [9.17, 15) is 23.2 Å². The number of nitrogens with one attached hydrogen (secondary N) is 3. The van der Waals surface area contributed by atoms with Gasteiger partial charge in [0.25, 0.3) is 0 Å². The number of hydrogen-bond acceptors (Lipinski definition) is 6. The number of carbonyl (C=O) groups is 3. The van der Waals surface area contributed by atoms with Crippen molar-refractivity contribution in [1.82, 2.24) is 15.2 Å². The molecule has 1 aromatic heterocycles. The highest BCUT2D eigenvalue weighted by atomic mass is 19.1. The summed E-state index contributed by atoms with van der Waals surface area (Å²) in [6, 6.07) is 11.9. The van der Waals surface area contributed by atoms with Gasteiger partial charge >= 0.3 is 0 Å². The van der Waals surface area contributed by atoms with Crippen LogP contribution < -0.4 is 16.0 Å². The molecule has 2 aliphatic carbocycles. The van der Waals surface area contributed by atoms with E-state index in [1.165, 1.54) is 17.0 Å². The van der Waals surface area contributed by atoms with E-state index >= 15 is 0 Å². The Kier molecular flexibility index (Phi) is 7.18. The molecule has 3 fully saturated rings. The fourth-order valence-electron chi connectivity index (χ4n) is 8.74. The summed E-state index contributed by atoms with van der Waals surface area (Å²) in [6.45, 7) is 1.47. The smallest absolute Gasteiger partial charge is 0.244 e. The van der Waals surface area contributed by atoms with Crippen molar-refractivity contribution in [3.05, 3.63) is 88.6 Å². The predicted molar refractivity (Wildman–Crippen MR) is 170 cm³/mol. The third-order valence-corrected chi connectivity index (χ3v) is 11.4. The zero-order chi connectivity index (χ0) is 32.4. The van der Waals surface area contributed by atoms with Crippen LogP contribution in [0.3, 0.4) is 0 Å². The molecule has 3 N–H and O–H groups in total. The van der Waals surface area contributed by atoms with E-state index in [1.807, 2.05) is 30.3 Å². The minimum absolute atomic E-state index is 0.0792. The summed E-state index contributed by atoms with van der Waals surface area (Å²) in [5.41, 5.74) is 2.33. The van der Waals surface area contributed by atoms with Crippen LogP contribution in [0.15, 0.2) is 54.7 Å². The number of pyridine rings is 1. The normalized spacial score (nSPS) is 25.6. The van der Waals surface area contributed by atoms with Gasteiger partial charge in [0.2, 0.25) is 17.7 Å². The Labute approximate surface area is 271 Å². The van der Waals surface area contributed by atoms with Gasteiger partial charge in [-0.2, -0.15) is 0 Å². The number of amides is 3. The molecule has 8 rings (SSSR count). The van der Waals surface area contributed by atoms with Crippen molar-refractivity contribution < 1.29 is 27.9 Å². The van der Waals surface area contributed by atoms with E-state index in [2.05, 4.69) is 20.9 Å². The third-order valence-electron chi connectivity index (χ3n) is 11.4. The minimum Gasteiger partial charge on any atom is -0.381 e. The van der Waals surface area contributed by atoms with Crippen LogP contribution in [-0.4, -0.2) is 59.4 Å². The molecule has 0 unspecified atom stereocenters. The molecule has 2 saturated heterocycles. The molecule has 2 atom stereocenters. The van der Waals surface area contributed by atoms with Gasteiger partial charge in [0.1, 0.15) is 24.0 Å². The quantitative estimate of drug-likeness (QED) is 0.385. The molecule has 3 spiro atoms. The lowest BCUT2D eigenvalue weighted by molar-refractivity contribution is -0.151. The molecular weight excluding hydrogens is 604 g/mol. The number of halogens is 2. The highest BCUT2D eigenvalue weighted by Gasteiger charge is 2.53. The summed E-state index contributed by atoms with van der Waals surface area (Å²) in [5.74, 6) is -1.58. The number of aromatic nitrogens is 1. The van der Waals surface area contributed by atoms with Gasteiger partial charge in [-0.25, -0.2) is 13.8 Å². The number of rotatable bonds is 4. The summed E-state index contributed by atoms with van der Waals surface area (Å²) in [4.78, 5) is 47.0. The topological polar surface area (TPSA) is 113 Å². The third kappa shape index (κ3) is 5.11. The highest BCUT2D eigenvalue weighted by molar-refractivity contribution is 6.06. The van der Waals surface area contributed by atoms with Crippen LogP contribution in [0, 0.1) is 17.0 Å². The van der Waals surface area contributed by atoms with Crippen molar-refractivity contribution in [1.29, 1.82) is 0 Å². The molecule has 3 amide bonds. The Morgan fingerprint density at radius 3 is 2.47 bits per heavy atom. The number of piperazine rings is 1. The summed E-state index contributed by atoms with van der Waals surface area (Å²) in [7, 11) is 0. The SMILES string of the molecule is O=C(CN1C(=O)C2(CCC3(CCOCC3)CC2)NC[C@H]1c1cc(F)cc(F)c1)Nc1ccc2c(c1)C[C@@]1(C2)C(=O)Nc2ncccc21. The summed E-state index contributed by atoms with van der Waals surface area (Å²) in [5, 5.41) is 9.34. The van der Waals surface area contributed by atoms with Crippen molar-refractivity contribution in [2.24, 2.45) is 5.41 Å². The van der Waals surface area contributed by atoms with Gasteiger partial charge in [-0.05, 0) is 104 Å². The summed E-state index contributed by atoms with van der Waals surface area (Å²) >= 11 is 0. The van der Waals surface area contributed by atoms with Crippen LogP contribution in [0.2, 0.25) is 0 Å². The summed E-state index contributed by atoms with van der Waals surface area (Å²) in [6.07, 6.45) is 7.65. The second-order valence-corrected chi connectivity index (χ2v) is 14.0. The predicted octanol–water partition coefficient (Wildman–Crippen LogP) is 4.57. The number of fused-ring (bicyclic) bond motifs is 3. The van der Waals surface area contributed by atoms with E-state index in [1.54, 1.807) is 6.20 Å². The Hall–Kier alpha value is -4.22. The molecular formula is C36H37F2N5O4. The maximum absolute atomic E-state index is 14.4. The first kappa shape index (κ1) is 30.1. The molecule has 3 aliphatic heterocycles. The van der Waals surface area contributed by atoms with Gasteiger partial charge in [0.15, 0.2) is 0 Å². The number of hydrogen-bond donors (Lipinski definition) is 3. The lowest BCUT2D eigenvalue weighted by atomic mass is 9.63. The molecule has 0 radical (unpaired) electrons. The van der Waals surface area contributed by atoms with E-state index in [0.29, 0.717) is 42.8 Å². The molecule has 47 heavy (non-hydrogen) atoms. The van der Waals surface area contributed by atoms with Crippen LogP contribution in [0.25, 0.3) is 0 Å². The molecule has 9 nitrogen and oxygen atoms in total. The van der Waals surface area contributed by atoms with E-state index in [0.717, 1.165) is 61.7 Å². The van der Waals surface area contributed by atoms with Crippen molar-refractivity contribution in [2.45, 2.75) is 68.4 Å². The zero-order valence-corrected chi connectivity index (χ0v) is 26.0. The number of nitrogens with zero attached hydrogens (tertiary/aromatic N) is 2. The Bertz CT molecular complexity index is 1760. The van der Waals surface area contributed by atoms with Crippen LogP contribution >= 0.6 is 0 Å². The maximum atomic E-state index is 14.4. The van der Waals surface area contributed by atoms with E-state index in [4.69, 9.17) is 4.74 Å². The molecule has 0 bridgehead atoms. The van der Waals surface area contributed by atoms with Crippen LogP contribution in [0.5, 0.6) is 0 Å². The monoisotopic (exact) mass is 641 g/mol. The average Bonchev–Trinajstić information content (AvgIpc) is 3.57. The molecule has 3 aromatic rings. The lowest BCUT2D eigenvalue weighted by Gasteiger charge is -2.52. The fraction of sp³-hybridized carbons (Fsp3) is 0.444. The Morgan fingerprint density at radius 2 is 1.70 bits per heavy atom. The van der Waals surface area contributed by atoms with E-state index < -0.39 is 34.5 Å². The van der Waals surface area contributed by atoms with Crippen molar-refractivity contribution in [3.63, 3.8) is 0 Å². The van der Waals surface area contributed by atoms with Crippen molar-refractivity contribution in [3.8, 4) is 0 Å². The molecule has 2 aromatic carbocycles. The van der Waals surface area contributed by atoms with Gasteiger partial charge in [0.05, 0.1) is 17.0 Å². The van der Waals surface area contributed by atoms with Gasteiger partial charge in [-0.1, -0.05) is 12.1 Å². The maximum Gasteiger partial charge on any atom is 0.244 e. The molecule has 11 heteroatoms. The number of anilines is 2. The Balaban J connectivity index is 1.02. The standard InChI is InChI=1S/C36H37F2N5O4/c37-25-14-23(15-26(38)17-25)29-20-40-36(7-5-34(6-8-36)9-12-47-13-10-34)33(46)43(29)21-30(44)41-27-4-3-22-18-35(19-24(22)16-27)28-2-1-11-39-31(28)42-32(35)45/h1-4,11,14-17,29,40H,5-10,12-13,18-21H2,(H,41,44)(H,39,42,45)/t29-,35+/m0/s1. The number of benzene rings is 2. The van der Waals surface area contributed by atoms with Crippen LogP contribution in [0.4, 0.5) is 20.3 Å². The van der Waals surface area contributed by atoms with Crippen LogP contribution in [0.1, 0.15) is 66.8 Å².